The summed E-state index contributed by atoms with van der Waals surface area (Å²) in [6, 6.07) is 0.341. The maximum absolute atomic E-state index is 4.76. The van der Waals surface area contributed by atoms with Gasteiger partial charge in [0.2, 0.25) is 0 Å². The zero-order valence-corrected chi connectivity index (χ0v) is 13.4. The molecule has 1 unspecified atom stereocenters. The summed E-state index contributed by atoms with van der Waals surface area (Å²) < 4.78 is 0. The topological polar surface area (TPSA) is 28.2 Å². The van der Waals surface area contributed by atoms with Crippen LogP contribution in [0.5, 0.6) is 0 Å². The number of anilines is 1. The van der Waals surface area contributed by atoms with Crippen molar-refractivity contribution in [2.24, 2.45) is 0 Å². The van der Waals surface area contributed by atoms with E-state index in [1.54, 1.807) is 11.3 Å². The van der Waals surface area contributed by atoms with E-state index >= 15 is 0 Å². The van der Waals surface area contributed by atoms with E-state index in [0.29, 0.717) is 6.04 Å². The van der Waals surface area contributed by atoms with E-state index in [1.165, 1.54) is 0 Å². The molecule has 1 rings (SSSR count). The monoisotopic (exact) mass is 269 g/mol. The van der Waals surface area contributed by atoms with Crippen LogP contribution in [0.15, 0.2) is 5.38 Å². The van der Waals surface area contributed by atoms with E-state index in [0.717, 1.165) is 30.2 Å². The van der Waals surface area contributed by atoms with Crippen LogP contribution in [0.25, 0.3) is 0 Å². The molecule has 4 heteroatoms. The van der Waals surface area contributed by atoms with Gasteiger partial charge in [-0.1, -0.05) is 13.8 Å². The van der Waals surface area contributed by atoms with Gasteiger partial charge in [-0.15, -0.1) is 11.3 Å². The fraction of sp³-hybridized carbons (Fsp3) is 0.786. The lowest BCUT2D eigenvalue weighted by molar-refractivity contribution is 0.469. The van der Waals surface area contributed by atoms with Gasteiger partial charge in [-0.05, 0) is 40.2 Å². The molecule has 1 atom stereocenters. The molecule has 0 saturated heterocycles. The molecular formula is C14H27N3S. The number of aromatic nitrogens is 1. The van der Waals surface area contributed by atoms with Crippen LogP contribution in [0, 0.1) is 0 Å². The van der Waals surface area contributed by atoms with E-state index in [2.05, 4.69) is 57.3 Å². The van der Waals surface area contributed by atoms with Gasteiger partial charge in [0.25, 0.3) is 0 Å². The average Bonchev–Trinajstić information content (AvgIpc) is 2.84. The van der Waals surface area contributed by atoms with Crippen LogP contribution in [0.3, 0.4) is 0 Å². The minimum Gasteiger partial charge on any atom is -0.346 e. The molecule has 0 bridgehead atoms. The molecule has 0 fully saturated rings. The first kappa shape index (κ1) is 15.4. The molecule has 0 aliphatic rings. The molecule has 3 nitrogen and oxygen atoms in total. The van der Waals surface area contributed by atoms with E-state index < -0.39 is 0 Å². The highest BCUT2D eigenvalue weighted by molar-refractivity contribution is 7.13. The summed E-state index contributed by atoms with van der Waals surface area (Å²) in [6.45, 7) is 12.1. The summed E-state index contributed by atoms with van der Waals surface area (Å²) in [5, 5.41) is 6.76. The summed E-state index contributed by atoms with van der Waals surface area (Å²) >= 11 is 1.74. The molecule has 0 aliphatic heterocycles. The minimum absolute atomic E-state index is 0.162. The maximum Gasteiger partial charge on any atom is 0.185 e. The third-order valence-electron chi connectivity index (χ3n) is 3.71. The molecular weight excluding hydrogens is 242 g/mol. The standard InChI is InChI=1S/C14H27N3S/c1-7-9-15-11(3)12-10-18-13(16-12)17(6)14(4,5)8-2/h10-11,15H,7-9H2,1-6H3. The third-order valence-corrected chi connectivity index (χ3v) is 4.65. The van der Waals surface area contributed by atoms with Crippen molar-refractivity contribution in [3.8, 4) is 0 Å². The van der Waals surface area contributed by atoms with Crippen LogP contribution in [-0.4, -0.2) is 24.1 Å². The van der Waals surface area contributed by atoms with Gasteiger partial charge in [-0.2, -0.15) is 0 Å². The Kier molecular flexibility index (Phi) is 5.60. The van der Waals surface area contributed by atoms with Gasteiger partial charge in [0.15, 0.2) is 5.13 Å². The summed E-state index contributed by atoms with van der Waals surface area (Å²) in [5.74, 6) is 0. The van der Waals surface area contributed by atoms with Gasteiger partial charge >= 0.3 is 0 Å². The van der Waals surface area contributed by atoms with Crippen LogP contribution < -0.4 is 10.2 Å². The molecule has 1 N–H and O–H groups in total. The lowest BCUT2D eigenvalue weighted by Gasteiger charge is -2.34. The zero-order valence-electron chi connectivity index (χ0n) is 12.6. The SMILES string of the molecule is CCCNC(C)c1csc(N(C)C(C)(C)CC)n1. The lowest BCUT2D eigenvalue weighted by Crippen LogP contribution is -2.40. The molecule has 0 aliphatic carbocycles. The Hall–Kier alpha value is -0.610. The highest BCUT2D eigenvalue weighted by Gasteiger charge is 2.24. The van der Waals surface area contributed by atoms with Crippen molar-refractivity contribution in [1.29, 1.82) is 0 Å². The second-order valence-electron chi connectivity index (χ2n) is 5.46. The van der Waals surface area contributed by atoms with Crippen molar-refractivity contribution in [3.63, 3.8) is 0 Å². The Bertz CT molecular complexity index is 360. The third kappa shape index (κ3) is 3.69. The molecule has 0 radical (unpaired) electrons. The largest absolute Gasteiger partial charge is 0.346 e. The predicted octanol–water partition coefficient (Wildman–Crippen LogP) is 3.83. The quantitative estimate of drug-likeness (QED) is 0.815. The molecule has 0 aromatic carbocycles. The highest BCUT2D eigenvalue weighted by atomic mass is 32.1. The molecule has 1 aromatic rings. The smallest absolute Gasteiger partial charge is 0.185 e. The number of nitrogens with zero attached hydrogens (tertiary/aromatic N) is 2. The normalized spacial score (nSPS) is 13.7. The van der Waals surface area contributed by atoms with Crippen LogP contribution in [0.2, 0.25) is 0 Å². The number of hydrogen-bond acceptors (Lipinski definition) is 4. The average molecular weight is 269 g/mol. The van der Waals surface area contributed by atoms with Crippen LogP contribution in [0.4, 0.5) is 5.13 Å². The van der Waals surface area contributed by atoms with Crippen molar-refractivity contribution in [2.45, 2.75) is 59.0 Å². The maximum atomic E-state index is 4.76. The molecule has 0 amide bonds. The fourth-order valence-electron chi connectivity index (χ4n) is 1.59. The molecule has 0 spiro atoms. The summed E-state index contributed by atoms with van der Waals surface area (Å²) in [5.41, 5.74) is 1.32. The second kappa shape index (κ2) is 6.53. The number of nitrogens with one attached hydrogen (secondary N) is 1. The molecule has 0 saturated carbocycles. The Morgan fingerprint density at radius 2 is 2.11 bits per heavy atom. The van der Waals surface area contributed by atoms with Crippen molar-refractivity contribution in [2.75, 3.05) is 18.5 Å². The van der Waals surface area contributed by atoms with E-state index in [9.17, 15) is 0 Å². The van der Waals surface area contributed by atoms with E-state index in [4.69, 9.17) is 4.98 Å². The molecule has 1 aromatic heterocycles. The fourth-order valence-corrected chi connectivity index (χ4v) is 2.64. The first-order valence-corrected chi connectivity index (χ1v) is 7.73. The van der Waals surface area contributed by atoms with Crippen LogP contribution >= 0.6 is 11.3 Å². The summed E-state index contributed by atoms with van der Waals surface area (Å²) in [6.07, 6.45) is 2.27. The van der Waals surface area contributed by atoms with Gasteiger partial charge in [0.1, 0.15) is 0 Å². The first-order valence-electron chi connectivity index (χ1n) is 6.85. The second-order valence-corrected chi connectivity index (χ2v) is 6.29. The Labute approximate surface area is 116 Å². The van der Waals surface area contributed by atoms with Crippen molar-refractivity contribution in [1.82, 2.24) is 10.3 Å². The highest BCUT2D eigenvalue weighted by Crippen LogP contribution is 2.29. The number of thiazole rings is 1. The summed E-state index contributed by atoms with van der Waals surface area (Å²) in [4.78, 5) is 7.04. The Balaban J connectivity index is 2.74. The van der Waals surface area contributed by atoms with Gasteiger partial charge in [0.05, 0.1) is 5.69 Å². The summed E-state index contributed by atoms with van der Waals surface area (Å²) in [7, 11) is 2.14. The molecule has 1 heterocycles. The van der Waals surface area contributed by atoms with Crippen molar-refractivity contribution >= 4 is 16.5 Å². The molecule has 18 heavy (non-hydrogen) atoms. The number of hydrogen-bond donors (Lipinski definition) is 1. The predicted molar refractivity (Wildman–Crippen MR) is 81.6 cm³/mol. The van der Waals surface area contributed by atoms with E-state index in [-0.39, 0.29) is 5.54 Å². The first-order chi connectivity index (χ1) is 8.42. The van der Waals surface area contributed by atoms with Crippen molar-refractivity contribution in [3.05, 3.63) is 11.1 Å². The van der Waals surface area contributed by atoms with E-state index in [1.807, 2.05) is 0 Å². The Morgan fingerprint density at radius 3 is 2.67 bits per heavy atom. The van der Waals surface area contributed by atoms with Crippen molar-refractivity contribution < 1.29 is 0 Å². The Morgan fingerprint density at radius 1 is 1.44 bits per heavy atom. The van der Waals surface area contributed by atoms with Gasteiger partial charge < -0.3 is 10.2 Å². The van der Waals surface area contributed by atoms with Crippen LogP contribution in [0.1, 0.15) is 59.2 Å². The minimum atomic E-state index is 0.162. The van der Waals surface area contributed by atoms with Gasteiger partial charge in [-0.3, -0.25) is 0 Å². The molecule has 104 valence electrons. The van der Waals surface area contributed by atoms with Gasteiger partial charge in [-0.25, -0.2) is 4.98 Å². The van der Waals surface area contributed by atoms with Crippen LogP contribution in [-0.2, 0) is 0 Å². The lowest BCUT2D eigenvalue weighted by atomic mass is 10.0. The number of rotatable bonds is 7. The van der Waals surface area contributed by atoms with Gasteiger partial charge in [0, 0.05) is 24.0 Å². The zero-order chi connectivity index (χ0) is 13.8.